The van der Waals surface area contributed by atoms with Crippen molar-refractivity contribution in [1.82, 2.24) is 5.32 Å². The summed E-state index contributed by atoms with van der Waals surface area (Å²) in [5, 5.41) is 3.48. The monoisotopic (exact) mass is 239 g/mol. The van der Waals surface area contributed by atoms with Crippen molar-refractivity contribution in [2.45, 2.75) is 60.8 Å². The van der Waals surface area contributed by atoms with Crippen molar-refractivity contribution in [3.05, 3.63) is 11.6 Å². The topological polar surface area (TPSA) is 12.0 Å². The molecule has 1 unspecified atom stereocenters. The zero-order chi connectivity index (χ0) is 13.3. The molecule has 0 aliphatic carbocycles. The number of rotatable bonds is 9. The van der Waals surface area contributed by atoms with Gasteiger partial charge in [-0.15, -0.1) is 0 Å². The lowest BCUT2D eigenvalue weighted by atomic mass is 9.93. The average molecular weight is 239 g/mol. The van der Waals surface area contributed by atoms with Gasteiger partial charge >= 0.3 is 0 Å². The van der Waals surface area contributed by atoms with E-state index in [0.717, 1.165) is 30.8 Å². The second kappa shape index (κ2) is 9.70. The van der Waals surface area contributed by atoms with Gasteiger partial charge in [-0.3, -0.25) is 0 Å². The first-order valence-corrected chi connectivity index (χ1v) is 7.28. The fourth-order valence-electron chi connectivity index (χ4n) is 2.33. The minimum absolute atomic E-state index is 0.756. The van der Waals surface area contributed by atoms with Crippen LogP contribution < -0.4 is 5.32 Å². The summed E-state index contributed by atoms with van der Waals surface area (Å²) in [6.07, 6.45) is 6.19. The first-order chi connectivity index (χ1) is 7.91. The van der Waals surface area contributed by atoms with E-state index in [2.05, 4.69) is 52.9 Å². The van der Waals surface area contributed by atoms with Gasteiger partial charge in [-0.05, 0) is 57.0 Å². The van der Waals surface area contributed by atoms with Crippen LogP contribution in [0.5, 0.6) is 0 Å². The minimum atomic E-state index is 0.756. The Kier molecular flexibility index (Phi) is 9.53. The summed E-state index contributed by atoms with van der Waals surface area (Å²) in [6.45, 7) is 16.0. The largest absolute Gasteiger partial charge is 0.316 e. The smallest absolute Gasteiger partial charge is 0.00141 e. The summed E-state index contributed by atoms with van der Waals surface area (Å²) in [7, 11) is 0. The molecule has 0 spiro atoms. The molecule has 1 heteroatoms. The normalized spacial score (nSPS) is 14.7. The Labute approximate surface area is 109 Å². The van der Waals surface area contributed by atoms with Crippen molar-refractivity contribution in [1.29, 1.82) is 0 Å². The van der Waals surface area contributed by atoms with Gasteiger partial charge in [0, 0.05) is 0 Å². The molecular weight excluding hydrogens is 206 g/mol. The summed E-state index contributed by atoms with van der Waals surface area (Å²) in [6, 6.07) is 0. The number of nitrogens with one attached hydrogen (secondary N) is 1. The summed E-state index contributed by atoms with van der Waals surface area (Å²) >= 11 is 0. The third kappa shape index (κ3) is 12.0. The maximum atomic E-state index is 3.48. The van der Waals surface area contributed by atoms with Gasteiger partial charge in [-0.25, -0.2) is 0 Å². The Hall–Kier alpha value is -0.300. The van der Waals surface area contributed by atoms with Crippen LogP contribution >= 0.6 is 0 Å². The second-order valence-corrected chi connectivity index (χ2v) is 6.38. The van der Waals surface area contributed by atoms with Crippen LogP contribution in [0.1, 0.15) is 60.8 Å². The highest BCUT2D eigenvalue weighted by Crippen LogP contribution is 2.19. The third-order valence-corrected chi connectivity index (χ3v) is 2.91. The van der Waals surface area contributed by atoms with Gasteiger partial charge in [0.1, 0.15) is 0 Å². The van der Waals surface area contributed by atoms with Gasteiger partial charge in [0.15, 0.2) is 0 Å². The molecule has 0 radical (unpaired) electrons. The van der Waals surface area contributed by atoms with Gasteiger partial charge in [0.25, 0.3) is 0 Å². The molecule has 0 aliphatic rings. The maximum Gasteiger partial charge on any atom is -0.00141 e. The van der Waals surface area contributed by atoms with E-state index in [0.29, 0.717) is 0 Å². The molecule has 0 rings (SSSR count). The van der Waals surface area contributed by atoms with Crippen molar-refractivity contribution in [3.63, 3.8) is 0 Å². The van der Waals surface area contributed by atoms with Crippen LogP contribution in [-0.2, 0) is 0 Å². The van der Waals surface area contributed by atoms with Crippen LogP contribution in [0.4, 0.5) is 0 Å². The quantitative estimate of drug-likeness (QED) is 0.456. The Bertz CT molecular complexity index is 204. The first kappa shape index (κ1) is 16.7. The van der Waals surface area contributed by atoms with Gasteiger partial charge in [-0.1, -0.05) is 46.3 Å². The molecule has 0 saturated heterocycles. The highest BCUT2D eigenvalue weighted by Gasteiger charge is 2.05. The van der Waals surface area contributed by atoms with Crippen molar-refractivity contribution in [3.8, 4) is 0 Å². The molecule has 1 atom stereocenters. The molecule has 0 heterocycles. The highest BCUT2D eigenvalue weighted by atomic mass is 14.8. The van der Waals surface area contributed by atoms with E-state index in [4.69, 9.17) is 0 Å². The molecule has 0 amide bonds. The van der Waals surface area contributed by atoms with Crippen LogP contribution in [0, 0.1) is 17.8 Å². The standard InChI is InChI=1S/C16H33N/c1-13(2)10-16(6)11-15(5)8-7-9-17-12-14(3)4/h8,13-14,16-17H,7,9-12H2,1-6H3/b15-8-. The Balaban J connectivity index is 3.64. The van der Waals surface area contributed by atoms with E-state index >= 15 is 0 Å². The van der Waals surface area contributed by atoms with Crippen LogP contribution in [0.3, 0.4) is 0 Å². The summed E-state index contributed by atoms with van der Waals surface area (Å²) in [5.41, 5.74) is 1.56. The SMILES string of the molecule is C/C(=C/CCNCC(C)C)CC(C)CC(C)C. The van der Waals surface area contributed by atoms with E-state index < -0.39 is 0 Å². The number of hydrogen-bond donors (Lipinski definition) is 1. The molecule has 0 aromatic heterocycles. The van der Waals surface area contributed by atoms with E-state index in [1.54, 1.807) is 5.57 Å². The Morgan fingerprint density at radius 2 is 1.71 bits per heavy atom. The van der Waals surface area contributed by atoms with E-state index in [1.807, 2.05) is 0 Å². The molecule has 102 valence electrons. The highest BCUT2D eigenvalue weighted by molar-refractivity contribution is 4.99. The predicted molar refractivity (Wildman–Crippen MR) is 79.3 cm³/mol. The lowest BCUT2D eigenvalue weighted by Gasteiger charge is -2.14. The van der Waals surface area contributed by atoms with Crippen LogP contribution in [0.2, 0.25) is 0 Å². The Morgan fingerprint density at radius 3 is 2.24 bits per heavy atom. The molecule has 17 heavy (non-hydrogen) atoms. The molecule has 1 N–H and O–H groups in total. The summed E-state index contributed by atoms with van der Waals surface area (Å²) in [5.74, 6) is 2.41. The minimum Gasteiger partial charge on any atom is -0.316 e. The van der Waals surface area contributed by atoms with Crippen LogP contribution in [-0.4, -0.2) is 13.1 Å². The number of hydrogen-bond acceptors (Lipinski definition) is 1. The second-order valence-electron chi connectivity index (χ2n) is 6.38. The van der Waals surface area contributed by atoms with Crippen molar-refractivity contribution >= 4 is 0 Å². The zero-order valence-electron chi connectivity index (χ0n) is 12.8. The van der Waals surface area contributed by atoms with Crippen LogP contribution in [0.15, 0.2) is 11.6 Å². The molecule has 0 aromatic carbocycles. The summed E-state index contributed by atoms with van der Waals surface area (Å²) < 4.78 is 0. The lowest BCUT2D eigenvalue weighted by Crippen LogP contribution is -2.20. The van der Waals surface area contributed by atoms with Gasteiger partial charge in [0.2, 0.25) is 0 Å². The molecular formula is C16H33N. The lowest BCUT2D eigenvalue weighted by molar-refractivity contribution is 0.435. The van der Waals surface area contributed by atoms with Gasteiger partial charge in [0.05, 0.1) is 0 Å². The molecule has 0 fully saturated rings. The van der Waals surface area contributed by atoms with Gasteiger partial charge < -0.3 is 5.32 Å². The fourth-order valence-corrected chi connectivity index (χ4v) is 2.33. The van der Waals surface area contributed by atoms with Crippen molar-refractivity contribution < 1.29 is 0 Å². The average Bonchev–Trinajstić information content (AvgIpc) is 2.14. The zero-order valence-corrected chi connectivity index (χ0v) is 12.8. The van der Waals surface area contributed by atoms with Gasteiger partial charge in [-0.2, -0.15) is 0 Å². The molecule has 0 bridgehead atoms. The maximum absolute atomic E-state index is 3.48. The van der Waals surface area contributed by atoms with E-state index in [1.165, 1.54) is 19.3 Å². The molecule has 1 nitrogen and oxygen atoms in total. The third-order valence-electron chi connectivity index (χ3n) is 2.91. The molecule has 0 saturated carbocycles. The van der Waals surface area contributed by atoms with Crippen molar-refractivity contribution in [2.24, 2.45) is 17.8 Å². The predicted octanol–water partition coefficient (Wildman–Crippen LogP) is 4.64. The fraction of sp³-hybridized carbons (Fsp3) is 0.875. The Morgan fingerprint density at radius 1 is 1.06 bits per heavy atom. The first-order valence-electron chi connectivity index (χ1n) is 7.28. The summed E-state index contributed by atoms with van der Waals surface area (Å²) in [4.78, 5) is 0. The van der Waals surface area contributed by atoms with Crippen molar-refractivity contribution in [2.75, 3.05) is 13.1 Å². The number of allylic oxidation sites excluding steroid dienone is 1. The molecule has 0 aliphatic heterocycles. The van der Waals surface area contributed by atoms with Crippen LogP contribution in [0.25, 0.3) is 0 Å². The van der Waals surface area contributed by atoms with E-state index in [-0.39, 0.29) is 0 Å². The molecule has 0 aromatic rings. The van der Waals surface area contributed by atoms with E-state index in [9.17, 15) is 0 Å².